The lowest BCUT2D eigenvalue weighted by atomic mass is 9.35. The molecule has 1 N–H and O–H groups in total. The molecule has 3 saturated carbocycles. The molecule has 6 rings (SSSR count). The SMILES string of the molecule is CN1CCN(C(=O)[C@]23CCC(C)(C)C[C@@H]2C2=CC[C@@H]4[C@@]5(C)CCCNC(C)(C)[C@@H]5CC[C@@]4(C)[C@]2(C)CC3)CC1. The average Bonchev–Trinajstić information content (AvgIpc) is 2.99. The number of carbonyl (C=O) groups is 1. The first kappa shape index (κ1) is 28.3. The van der Waals surface area contributed by atoms with Gasteiger partial charge in [-0.1, -0.05) is 46.3 Å². The third-order valence-corrected chi connectivity index (χ3v) is 14.5. The average molecular weight is 538 g/mol. The topological polar surface area (TPSA) is 35.6 Å². The van der Waals surface area contributed by atoms with E-state index in [1.54, 1.807) is 5.57 Å². The molecular formula is C35H59N3O. The van der Waals surface area contributed by atoms with E-state index in [0.29, 0.717) is 28.1 Å². The highest BCUT2D eigenvalue weighted by Crippen LogP contribution is 2.74. The van der Waals surface area contributed by atoms with Crippen LogP contribution < -0.4 is 5.32 Å². The number of likely N-dealkylation sites (N-methyl/N-ethyl adjacent to an activating group) is 1. The van der Waals surface area contributed by atoms with E-state index < -0.39 is 0 Å². The lowest BCUT2D eigenvalue weighted by Gasteiger charge is -2.70. The molecule has 0 spiro atoms. The maximum Gasteiger partial charge on any atom is 0.229 e. The van der Waals surface area contributed by atoms with Gasteiger partial charge in [-0.2, -0.15) is 0 Å². The van der Waals surface area contributed by atoms with Crippen LogP contribution in [0.4, 0.5) is 0 Å². The van der Waals surface area contributed by atoms with Crippen LogP contribution in [0.1, 0.15) is 113 Å². The van der Waals surface area contributed by atoms with Gasteiger partial charge >= 0.3 is 0 Å². The smallest absolute Gasteiger partial charge is 0.229 e. The van der Waals surface area contributed by atoms with Crippen molar-refractivity contribution in [3.8, 4) is 0 Å². The Hall–Kier alpha value is -0.870. The third kappa shape index (κ3) is 3.99. The van der Waals surface area contributed by atoms with E-state index in [4.69, 9.17) is 0 Å². The fourth-order valence-corrected chi connectivity index (χ4v) is 11.9. The van der Waals surface area contributed by atoms with Crippen LogP contribution in [-0.2, 0) is 4.79 Å². The Morgan fingerprint density at radius 3 is 2.28 bits per heavy atom. The Balaban J connectivity index is 1.40. The molecule has 4 aliphatic carbocycles. The predicted octanol–water partition coefficient (Wildman–Crippen LogP) is 6.90. The molecule has 0 unspecified atom stereocenters. The van der Waals surface area contributed by atoms with Crippen molar-refractivity contribution in [3.05, 3.63) is 11.6 Å². The van der Waals surface area contributed by atoms with Crippen LogP contribution >= 0.6 is 0 Å². The first-order valence-corrected chi connectivity index (χ1v) is 16.6. The van der Waals surface area contributed by atoms with Crippen LogP contribution in [0.2, 0.25) is 0 Å². The Bertz CT molecular complexity index is 1020. The molecule has 0 aromatic carbocycles. The number of nitrogens with zero attached hydrogens (tertiary/aromatic N) is 2. The lowest BCUT2D eigenvalue weighted by Crippen LogP contribution is -2.65. The molecule has 7 atom stereocenters. The summed E-state index contributed by atoms with van der Waals surface area (Å²) in [4.78, 5) is 19.2. The highest BCUT2D eigenvalue weighted by atomic mass is 16.2. The van der Waals surface area contributed by atoms with Gasteiger partial charge in [-0.05, 0) is 131 Å². The van der Waals surface area contributed by atoms with Gasteiger partial charge < -0.3 is 15.1 Å². The molecule has 39 heavy (non-hydrogen) atoms. The Morgan fingerprint density at radius 2 is 1.56 bits per heavy atom. The molecule has 0 radical (unpaired) electrons. The Kier molecular flexibility index (Phi) is 6.57. The molecule has 0 aromatic rings. The summed E-state index contributed by atoms with van der Waals surface area (Å²) in [5, 5.41) is 3.96. The summed E-state index contributed by atoms with van der Waals surface area (Å²) in [7, 11) is 2.20. The van der Waals surface area contributed by atoms with E-state index in [1.165, 1.54) is 51.4 Å². The van der Waals surface area contributed by atoms with Gasteiger partial charge in [0.1, 0.15) is 0 Å². The fraction of sp³-hybridized carbons (Fsp3) is 0.914. The summed E-state index contributed by atoms with van der Waals surface area (Å²) in [5.74, 6) is 2.40. The maximum atomic E-state index is 14.6. The zero-order valence-electron chi connectivity index (χ0n) is 26.7. The molecule has 220 valence electrons. The monoisotopic (exact) mass is 537 g/mol. The molecular weight excluding hydrogens is 478 g/mol. The van der Waals surface area contributed by atoms with Gasteiger partial charge in [0.25, 0.3) is 0 Å². The molecule has 2 heterocycles. The first-order chi connectivity index (χ1) is 18.2. The molecule has 5 fully saturated rings. The molecule has 4 nitrogen and oxygen atoms in total. The molecule has 4 heteroatoms. The molecule has 1 amide bonds. The van der Waals surface area contributed by atoms with E-state index in [0.717, 1.165) is 57.4 Å². The van der Waals surface area contributed by atoms with Crippen molar-refractivity contribution in [2.24, 2.45) is 44.8 Å². The Morgan fingerprint density at radius 1 is 0.872 bits per heavy atom. The number of piperazine rings is 1. The number of fused-ring (bicyclic) bond motifs is 7. The van der Waals surface area contributed by atoms with E-state index in [9.17, 15) is 4.79 Å². The second kappa shape index (κ2) is 9.06. The van der Waals surface area contributed by atoms with Crippen LogP contribution in [-0.4, -0.2) is 61.0 Å². The molecule has 0 bridgehead atoms. The van der Waals surface area contributed by atoms with Gasteiger partial charge in [0.05, 0.1) is 5.41 Å². The van der Waals surface area contributed by atoms with Crippen LogP contribution in [0, 0.1) is 44.8 Å². The molecule has 0 aromatic heterocycles. The summed E-state index contributed by atoms with van der Waals surface area (Å²) in [6.07, 6.45) is 15.1. The number of hydrogen-bond acceptors (Lipinski definition) is 3. The zero-order valence-corrected chi connectivity index (χ0v) is 26.7. The number of hydrogen-bond donors (Lipinski definition) is 1. The van der Waals surface area contributed by atoms with Gasteiger partial charge in [0, 0.05) is 31.7 Å². The van der Waals surface area contributed by atoms with Crippen LogP contribution in [0.5, 0.6) is 0 Å². The highest BCUT2D eigenvalue weighted by molar-refractivity contribution is 5.84. The molecule has 2 aliphatic heterocycles. The van der Waals surface area contributed by atoms with Crippen LogP contribution in [0.25, 0.3) is 0 Å². The number of amides is 1. The van der Waals surface area contributed by atoms with Gasteiger partial charge in [-0.25, -0.2) is 0 Å². The van der Waals surface area contributed by atoms with E-state index in [2.05, 4.69) is 76.7 Å². The standard InChI is InChI=1S/C35H59N3O/c1-30(2)15-17-35(29(39)38-22-20-37(8)21-23-38)18-16-33(6)25(26(35)24-30)10-11-28-32(5)13-9-19-36-31(3,4)27(32)12-14-34(28,33)7/h10,26-28,36H,9,11-24H2,1-8H3/t26-,27+,28-,32+,33-,34-,35+/m1/s1. The van der Waals surface area contributed by atoms with Crippen molar-refractivity contribution in [2.45, 2.75) is 118 Å². The van der Waals surface area contributed by atoms with Gasteiger partial charge in [0.15, 0.2) is 0 Å². The number of carbonyl (C=O) groups excluding carboxylic acids is 1. The number of nitrogens with one attached hydrogen (secondary N) is 1. The van der Waals surface area contributed by atoms with Gasteiger partial charge in [-0.3, -0.25) is 4.79 Å². The number of allylic oxidation sites excluding steroid dienone is 2. The summed E-state index contributed by atoms with van der Waals surface area (Å²) >= 11 is 0. The first-order valence-electron chi connectivity index (χ1n) is 16.6. The summed E-state index contributed by atoms with van der Waals surface area (Å²) in [6.45, 7) is 23.0. The maximum absolute atomic E-state index is 14.6. The minimum absolute atomic E-state index is 0.171. The molecule has 2 saturated heterocycles. The van der Waals surface area contributed by atoms with Crippen molar-refractivity contribution >= 4 is 5.91 Å². The third-order valence-electron chi connectivity index (χ3n) is 14.5. The fourth-order valence-electron chi connectivity index (χ4n) is 11.9. The van der Waals surface area contributed by atoms with E-state index in [-0.39, 0.29) is 16.4 Å². The zero-order chi connectivity index (χ0) is 28.1. The van der Waals surface area contributed by atoms with Crippen molar-refractivity contribution in [1.82, 2.24) is 15.1 Å². The van der Waals surface area contributed by atoms with Crippen LogP contribution in [0.3, 0.4) is 0 Å². The quantitative estimate of drug-likeness (QED) is 0.369. The molecule has 6 aliphatic rings. The summed E-state index contributed by atoms with van der Waals surface area (Å²) < 4.78 is 0. The van der Waals surface area contributed by atoms with Gasteiger partial charge in [0.2, 0.25) is 5.91 Å². The second-order valence-electron chi connectivity index (χ2n) is 17.2. The van der Waals surface area contributed by atoms with Crippen molar-refractivity contribution in [2.75, 3.05) is 39.8 Å². The number of rotatable bonds is 1. The van der Waals surface area contributed by atoms with Crippen LogP contribution in [0.15, 0.2) is 11.6 Å². The Labute approximate surface area is 240 Å². The van der Waals surface area contributed by atoms with E-state index >= 15 is 0 Å². The van der Waals surface area contributed by atoms with Crippen molar-refractivity contribution in [3.63, 3.8) is 0 Å². The summed E-state index contributed by atoms with van der Waals surface area (Å²) in [5.41, 5.74) is 2.97. The minimum atomic E-state index is -0.171. The summed E-state index contributed by atoms with van der Waals surface area (Å²) in [6, 6.07) is 0. The van der Waals surface area contributed by atoms with Gasteiger partial charge in [-0.15, -0.1) is 0 Å². The van der Waals surface area contributed by atoms with Crippen molar-refractivity contribution < 1.29 is 4.79 Å². The largest absolute Gasteiger partial charge is 0.340 e. The highest BCUT2D eigenvalue weighted by Gasteiger charge is 2.68. The normalized spacial score (nSPS) is 47.5. The second-order valence-corrected chi connectivity index (χ2v) is 17.2. The lowest BCUT2D eigenvalue weighted by molar-refractivity contribution is -0.172. The minimum Gasteiger partial charge on any atom is -0.340 e. The predicted molar refractivity (Wildman–Crippen MR) is 161 cm³/mol. The van der Waals surface area contributed by atoms with Crippen molar-refractivity contribution in [1.29, 1.82) is 0 Å². The van der Waals surface area contributed by atoms with E-state index in [1.807, 2.05) is 0 Å².